The summed E-state index contributed by atoms with van der Waals surface area (Å²) in [5.41, 5.74) is 2.27. The van der Waals surface area contributed by atoms with E-state index < -0.39 is 0 Å². The van der Waals surface area contributed by atoms with E-state index in [1.54, 1.807) is 6.07 Å². The summed E-state index contributed by atoms with van der Waals surface area (Å²) in [7, 11) is 1.94. The van der Waals surface area contributed by atoms with Crippen molar-refractivity contribution in [2.75, 3.05) is 13.7 Å². The highest BCUT2D eigenvalue weighted by Crippen LogP contribution is 2.42. The SMILES string of the molecule is CNC(c1ccc(Cl)cc1Cl)C1COc2ccccc21. The van der Waals surface area contributed by atoms with E-state index in [1.165, 1.54) is 5.56 Å². The molecule has 1 aliphatic rings. The molecule has 0 saturated carbocycles. The highest BCUT2D eigenvalue weighted by atomic mass is 35.5. The normalized spacial score (nSPS) is 18.4. The van der Waals surface area contributed by atoms with Gasteiger partial charge in [0.1, 0.15) is 5.75 Å². The summed E-state index contributed by atoms with van der Waals surface area (Å²) in [6.45, 7) is 0.657. The van der Waals surface area contributed by atoms with Crippen LogP contribution in [-0.4, -0.2) is 13.7 Å². The Labute approximate surface area is 128 Å². The van der Waals surface area contributed by atoms with Crippen LogP contribution >= 0.6 is 23.2 Å². The maximum atomic E-state index is 6.34. The van der Waals surface area contributed by atoms with Gasteiger partial charge in [0.05, 0.1) is 6.61 Å². The lowest BCUT2D eigenvalue weighted by atomic mass is 9.88. The fourth-order valence-corrected chi connectivity index (χ4v) is 3.32. The van der Waals surface area contributed by atoms with Gasteiger partial charge in [0.25, 0.3) is 0 Å². The molecule has 0 aromatic heterocycles. The average molecular weight is 308 g/mol. The van der Waals surface area contributed by atoms with Gasteiger partial charge >= 0.3 is 0 Å². The molecule has 0 spiro atoms. The number of para-hydroxylation sites is 1. The van der Waals surface area contributed by atoms with Crippen molar-refractivity contribution >= 4 is 23.2 Å². The van der Waals surface area contributed by atoms with E-state index >= 15 is 0 Å². The van der Waals surface area contributed by atoms with E-state index in [-0.39, 0.29) is 12.0 Å². The molecule has 0 radical (unpaired) electrons. The third-order valence-corrected chi connectivity index (χ3v) is 4.31. The largest absolute Gasteiger partial charge is 0.493 e. The Morgan fingerprint density at radius 1 is 1.20 bits per heavy atom. The molecule has 1 aliphatic heterocycles. The second-order valence-corrected chi connectivity index (χ2v) is 5.73. The molecular formula is C16H15Cl2NO. The Kier molecular flexibility index (Phi) is 3.88. The molecule has 2 aromatic carbocycles. The lowest BCUT2D eigenvalue weighted by Gasteiger charge is -2.24. The molecule has 1 heterocycles. The van der Waals surface area contributed by atoms with E-state index in [2.05, 4.69) is 11.4 Å². The number of hydrogen-bond donors (Lipinski definition) is 1. The van der Waals surface area contributed by atoms with Gasteiger partial charge in [0.2, 0.25) is 0 Å². The molecule has 2 atom stereocenters. The Hall–Kier alpha value is -1.22. The Bertz CT molecular complexity index is 630. The second-order valence-electron chi connectivity index (χ2n) is 4.89. The number of rotatable bonds is 3. The van der Waals surface area contributed by atoms with Crippen molar-refractivity contribution in [3.8, 4) is 5.75 Å². The number of nitrogens with one attached hydrogen (secondary N) is 1. The third-order valence-electron chi connectivity index (χ3n) is 3.75. The molecule has 2 aromatic rings. The van der Waals surface area contributed by atoms with Gasteiger partial charge < -0.3 is 10.1 Å². The van der Waals surface area contributed by atoms with Crippen molar-refractivity contribution in [2.45, 2.75) is 12.0 Å². The smallest absolute Gasteiger partial charge is 0.122 e. The third kappa shape index (κ3) is 2.39. The molecule has 20 heavy (non-hydrogen) atoms. The highest BCUT2D eigenvalue weighted by Gasteiger charge is 2.32. The summed E-state index contributed by atoms with van der Waals surface area (Å²) in [5.74, 6) is 1.21. The van der Waals surface area contributed by atoms with E-state index in [0.29, 0.717) is 16.7 Å². The summed E-state index contributed by atoms with van der Waals surface area (Å²) in [5, 5.41) is 4.69. The van der Waals surface area contributed by atoms with Crippen molar-refractivity contribution in [3.63, 3.8) is 0 Å². The second kappa shape index (κ2) is 5.65. The molecule has 2 nitrogen and oxygen atoms in total. The lowest BCUT2D eigenvalue weighted by molar-refractivity contribution is 0.304. The van der Waals surface area contributed by atoms with E-state index in [1.807, 2.05) is 37.4 Å². The van der Waals surface area contributed by atoms with Crippen LogP contribution in [0.1, 0.15) is 23.1 Å². The number of ether oxygens (including phenoxy) is 1. The number of hydrogen-bond acceptors (Lipinski definition) is 2. The zero-order valence-corrected chi connectivity index (χ0v) is 12.6. The van der Waals surface area contributed by atoms with Crippen LogP contribution in [0.25, 0.3) is 0 Å². The Morgan fingerprint density at radius 2 is 2.00 bits per heavy atom. The first-order chi connectivity index (χ1) is 9.70. The summed E-state index contributed by atoms with van der Waals surface area (Å²) in [4.78, 5) is 0. The van der Waals surface area contributed by atoms with Gasteiger partial charge in [-0.1, -0.05) is 47.5 Å². The first-order valence-electron chi connectivity index (χ1n) is 6.54. The van der Waals surface area contributed by atoms with Crippen LogP contribution in [0.2, 0.25) is 10.0 Å². The van der Waals surface area contributed by atoms with Crippen LogP contribution in [0.4, 0.5) is 0 Å². The highest BCUT2D eigenvalue weighted by molar-refractivity contribution is 6.35. The maximum Gasteiger partial charge on any atom is 0.122 e. The number of likely N-dealkylation sites (N-methyl/N-ethyl adjacent to an activating group) is 1. The van der Waals surface area contributed by atoms with Crippen LogP contribution in [0.3, 0.4) is 0 Å². The lowest BCUT2D eigenvalue weighted by Crippen LogP contribution is -2.25. The van der Waals surface area contributed by atoms with Crippen LogP contribution < -0.4 is 10.1 Å². The van der Waals surface area contributed by atoms with E-state index in [0.717, 1.165) is 11.3 Å². The number of fused-ring (bicyclic) bond motifs is 1. The van der Waals surface area contributed by atoms with Crippen molar-refractivity contribution in [1.82, 2.24) is 5.32 Å². The van der Waals surface area contributed by atoms with E-state index in [4.69, 9.17) is 27.9 Å². The minimum atomic E-state index is 0.100. The fraction of sp³-hybridized carbons (Fsp3) is 0.250. The predicted octanol–water partition coefficient (Wildman–Crippen LogP) is 4.43. The Morgan fingerprint density at radius 3 is 2.75 bits per heavy atom. The first-order valence-corrected chi connectivity index (χ1v) is 7.30. The predicted molar refractivity (Wildman–Crippen MR) is 82.9 cm³/mol. The Balaban J connectivity index is 1.99. The van der Waals surface area contributed by atoms with Crippen LogP contribution in [0.5, 0.6) is 5.75 Å². The number of benzene rings is 2. The van der Waals surface area contributed by atoms with Crippen molar-refractivity contribution < 1.29 is 4.74 Å². The van der Waals surface area contributed by atoms with Crippen LogP contribution in [0.15, 0.2) is 42.5 Å². The van der Waals surface area contributed by atoms with Crippen molar-refractivity contribution in [2.24, 2.45) is 0 Å². The van der Waals surface area contributed by atoms with Crippen LogP contribution in [0, 0.1) is 0 Å². The van der Waals surface area contributed by atoms with Gasteiger partial charge in [-0.25, -0.2) is 0 Å². The molecule has 2 unspecified atom stereocenters. The molecule has 1 N–H and O–H groups in total. The van der Waals surface area contributed by atoms with Crippen molar-refractivity contribution in [1.29, 1.82) is 0 Å². The van der Waals surface area contributed by atoms with E-state index in [9.17, 15) is 0 Å². The van der Waals surface area contributed by atoms with Gasteiger partial charge in [-0.05, 0) is 30.8 Å². The molecule has 0 aliphatic carbocycles. The molecule has 104 valence electrons. The van der Waals surface area contributed by atoms with Gasteiger partial charge in [0, 0.05) is 27.6 Å². The first kappa shape index (κ1) is 13.7. The molecule has 4 heteroatoms. The minimum absolute atomic E-state index is 0.100. The molecule has 0 saturated heterocycles. The standard InChI is InChI=1S/C16H15Cl2NO/c1-19-16(12-7-6-10(17)8-14(12)18)13-9-20-15-5-3-2-4-11(13)15/h2-8,13,16,19H,9H2,1H3. The fourth-order valence-electron chi connectivity index (χ4n) is 2.79. The summed E-state index contributed by atoms with van der Waals surface area (Å²) in [6.07, 6.45) is 0. The van der Waals surface area contributed by atoms with Crippen molar-refractivity contribution in [3.05, 3.63) is 63.6 Å². The summed E-state index contributed by atoms with van der Waals surface area (Å²) in [6, 6.07) is 13.9. The van der Waals surface area contributed by atoms with Gasteiger partial charge in [0.15, 0.2) is 0 Å². The van der Waals surface area contributed by atoms with Crippen LogP contribution in [-0.2, 0) is 0 Å². The molecule has 0 bridgehead atoms. The minimum Gasteiger partial charge on any atom is -0.493 e. The topological polar surface area (TPSA) is 21.3 Å². The van der Waals surface area contributed by atoms with Gasteiger partial charge in [-0.15, -0.1) is 0 Å². The monoisotopic (exact) mass is 307 g/mol. The molecule has 0 amide bonds. The summed E-state index contributed by atoms with van der Waals surface area (Å²) < 4.78 is 5.77. The van der Waals surface area contributed by atoms with Gasteiger partial charge in [-0.3, -0.25) is 0 Å². The maximum absolute atomic E-state index is 6.34. The van der Waals surface area contributed by atoms with Gasteiger partial charge in [-0.2, -0.15) is 0 Å². The molecule has 0 fully saturated rings. The zero-order chi connectivity index (χ0) is 14.1. The summed E-state index contributed by atoms with van der Waals surface area (Å²) >= 11 is 12.3. The number of halogens is 2. The zero-order valence-electron chi connectivity index (χ0n) is 11.1. The average Bonchev–Trinajstić information content (AvgIpc) is 2.86. The quantitative estimate of drug-likeness (QED) is 0.905. The molecule has 3 rings (SSSR count). The molecular weight excluding hydrogens is 293 g/mol.